The first-order chi connectivity index (χ1) is 13.0. The molecule has 0 atom stereocenters. The Morgan fingerprint density at radius 2 is 1.96 bits per heavy atom. The molecule has 1 aliphatic heterocycles. The van der Waals surface area contributed by atoms with Crippen LogP contribution in [0, 0.1) is 6.92 Å². The van der Waals surface area contributed by atoms with Crippen LogP contribution in [0.25, 0.3) is 0 Å². The quantitative estimate of drug-likeness (QED) is 0.753. The number of piperazine rings is 1. The molecular weight excluding hydrogens is 391 g/mol. The molecule has 1 fully saturated rings. The van der Waals surface area contributed by atoms with E-state index in [4.69, 9.17) is 32.5 Å². The van der Waals surface area contributed by atoms with Crippen molar-refractivity contribution < 1.29 is 14.1 Å². The number of halogens is 2. The van der Waals surface area contributed by atoms with E-state index in [0.29, 0.717) is 40.5 Å². The van der Waals surface area contributed by atoms with Crippen LogP contribution in [0.2, 0.25) is 10.0 Å². The van der Waals surface area contributed by atoms with Gasteiger partial charge in [-0.2, -0.15) is 0 Å². The van der Waals surface area contributed by atoms with Gasteiger partial charge >= 0.3 is 0 Å². The minimum absolute atomic E-state index is 0.0873. The molecule has 1 aliphatic rings. The highest BCUT2D eigenvalue weighted by Gasteiger charge is 2.19. The zero-order valence-electron chi connectivity index (χ0n) is 15.1. The van der Waals surface area contributed by atoms with Crippen LogP contribution in [0.4, 0.5) is 5.82 Å². The molecule has 0 saturated carbocycles. The first-order valence-corrected chi connectivity index (χ1v) is 9.51. The van der Waals surface area contributed by atoms with E-state index in [1.165, 1.54) is 0 Å². The van der Waals surface area contributed by atoms with Gasteiger partial charge in [-0.15, -0.1) is 0 Å². The molecule has 0 bridgehead atoms. The molecule has 0 aliphatic carbocycles. The van der Waals surface area contributed by atoms with Gasteiger partial charge in [-0.1, -0.05) is 28.4 Å². The van der Waals surface area contributed by atoms with Gasteiger partial charge in [-0.05, 0) is 19.1 Å². The standard InChI is InChI=1S/C18H22Cl2N4O3/c1-13-10-17(22-27-13)21-18(25)12-24-6-4-23(5-7-24)8-9-26-16-11-14(19)2-3-15(16)20/h2-3,10-11H,4-9,12H2,1H3,(H,21,22,25). The monoisotopic (exact) mass is 412 g/mol. The summed E-state index contributed by atoms with van der Waals surface area (Å²) in [6.45, 7) is 6.85. The average Bonchev–Trinajstić information content (AvgIpc) is 3.04. The number of amides is 1. The molecule has 1 aromatic carbocycles. The van der Waals surface area contributed by atoms with Gasteiger partial charge in [-0.25, -0.2) is 0 Å². The highest BCUT2D eigenvalue weighted by molar-refractivity contribution is 6.34. The zero-order chi connectivity index (χ0) is 19.2. The van der Waals surface area contributed by atoms with Gasteiger partial charge in [-0.3, -0.25) is 14.6 Å². The van der Waals surface area contributed by atoms with Crippen LogP contribution in [0.5, 0.6) is 5.75 Å². The molecule has 146 valence electrons. The third-order valence-electron chi connectivity index (χ3n) is 4.29. The van der Waals surface area contributed by atoms with Crippen molar-refractivity contribution >= 4 is 34.9 Å². The summed E-state index contributed by atoms with van der Waals surface area (Å²) in [5, 5.41) is 7.66. The lowest BCUT2D eigenvalue weighted by molar-refractivity contribution is -0.117. The van der Waals surface area contributed by atoms with Crippen LogP contribution in [0.3, 0.4) is 0 Å². The Kier molecular flexibility index (Phi) is 6.95. The molecule has 0 spiro atoms. The third-order valence-corrected chi connectivity index (χ3v) is 4.83. The van der Waals surface area contributed by atoms with Gasteiger partial charge in [0.15, 0.2) is 5.82 Å². The number of benzene rings is 1. The summed E-state index contributed by atoms with van der Waals surface area (Å²) in [4.78, 5) is 16.5. The highest BCUT2D eigenvalue weighted by atomic mass is 35.5. The van der Waals surface area contributed by atoms with Crippen LogP contribution in [0.1, 0.15) is 5.76 Å². The highest BCUT2D eigenvalue weighted by Crippen LogP contribution is 2.27. The molecule has 1 N–H and O–H groups in total. The Bertz CT molecular complexity index is 776. The molecule has 9 heteroatoms. The minimum Gasteiger partial charge on any atom is -0.491 e. The normalized spacial score (nSPS) is 15.7. The maximum absolute atomic E-state index is 12.1. The van der Waals surface area contributed by atoms with E-state index in [0.717, 1.165) is 32.7 Å². The van der Waals surface area contributed by atoms with Gasteiger partial charge in [0.2, 0.25) is 5.91 Å². The summed E-state index contributed by atoms with van der Waals surface area (Å²) in [6.07, 6.45) is 0. The van der Waals surface area contributed by atoms with Gasteiger partial charge in [0, 0.05) is 49.9 Å². The third kappa shape index (κ3) is 6.10. The smallest absolute Gasteiger partial charge is 0.239 e. The Balaban J connectivity index is 1.35. The van der Waals surface area contributed by atoms with Gasteiger partial charge in [0.05, 0.1) is 11.6 Å². The Morgan fingerprint density at radius 3 is 2.67 bits per heavy atom. The molecular formula is C18H22Cl2N4O3. The number of carbonyl (C=O) groups is 1. The second-order valence-corrected chi connectivity index (χ2v) is 7.26. The van der Waals surface area contributed by atoms with E-state index in [1.54, 1.807) is 31.2 Å². The Morgan fingerprint density at radius 1 is 1.22 bits per heavy atom. The average molecular weight is 413 g/mol. The first kappa shape index (κ1) is 19.9. The number of aromatic nitrogens is 1. The number of anilines is 1. The predicted octanol–water partition coefficient (Wildman–Crippen LogP) is 2.92. The summed E-state index contributed by atoms with van der Waals surface area (Å²) in [7, 11) is 0. The minimum atomic E-state index is -0.0873. The molecule has 2 heterocycles. The second kappa shape index (κ2) is 9.41. The summed E-state index contributed by atoms with van der Waals surface area (Å²) < 4.78 is 10.7. The van der Waals surface area contributed by atoms with Gasteiger partial charge < -0.3 is 14.6 Å². The van der Waals surface area contributed by atoms with Crippen LogP contribution in [-0.4, -0.2) is 66.7 Å². The van der Waals surface area contributed by atoms with Crippen LogP contribution in [0.15, 0.2) is 28.8 Å². The molecule has 27 heavy (non-hydrogen) atoms. The molecule has 1 amide bonds. The fourth-order valence-electron chi connectivity index (χ4n) is 2.85. The van der Waals surface area contributed by atoms with E-state index >= 15 is 0 Å². The van der Waals surface area contributed by atoms with Crippen molar-refractivity contribution in [1.82, 2.24) is 15.0 Å². The second-order valence-electron chi connectivity index (χ2n) is 6.41. The van der Waals surface area contributed by atoms with E-state index < -0.39 is 0 Å². The molecule has 3 rings (SSSR count). The summed E-state index contributed by atoms with van der Waals surface area (Å²) in [5.41, 5.74) is 0. The largest absolute Gasteiger partial charge is 0.491 e. The van der Waals surface area contributed by atoms with Crippen molar-refractivity contribution in [2.75, 3.05) is 51.2 Å². The molecule has 2 aromatic rings. The number of hydrogen-bond donors (Lipinski definition) is 1. The van der Waals surface area contributed by atoms with E-state index in [1.807, 2.05) is 0 Å². The van der Waals surface area contributed by atoms with Gasteiger partial charge in [0.25, 0.3) is 0 Å². The molecule has 1 aromatic heterocycles. The van der Waals surface area contributed by atoms with E-state index in [2.05, 4.69) is 20.3 Å². The van der Waals surface area contributed by atoms with Crippen molar-refractivity contribution in [2.24, 2.45) is 0 Å². The fraction of sp³-hybridized carbons (Fsp3) is 0.444. The zero-order valence-corrected chi connectivity index (χ0v) is 16.6. The maximum Gasteiger partial charge on any atom is 0.239 e. The molecule has 0 radical (unpaired) electrons. The molecule has 0 unspecified atom stereocenters. The number of rotatable bonds is 7. The van der Waals surface area contributed by atoms with Crippen molar-refractivity contribution in [3.63, 3.8) is 0 Å². The lowest BCUT2D eigenvalue weighted by atomic mass is 10.3. The van der Waals surface area contributed by atoms with E-state index in [9.17, 15) is 4.79 Å². The SMILES string of the molecule is Cc1cc(NC(=O)CN2CCN(CCOc3cc(Cl)ccc3Cl)CC2)no1. The summed E-state index contributed by atoms with van der Waals surface area (Å²) >= 11 is 12.1. The van der Waals surface area contributed by atoms with Crippen LogP contribution >= 0.6 is 23.2 Å². The number of ether oxygens (including phenoxy) is 1. The summed E-state index contributed by atoms with van der Waals surface area (Å²) in [5.74, 6) is 1.63. The molecule has 1 saturated heterocycles. The molecule has 7 nitrogen and oxygen atoms in total. The number of nitrogens with zero attached hydrogens (tertiary/aromatic N) is 3. The Hall–Kier alpha value is -1.80. The van der Waals surface area contributed by atoms with Crippen molar-refractivity contribution in [3.8, 4) is 5.75 Å². The first-order valence-electron chi connectivity index (χ1n) is 8.75. The fourth-order valence-corrected chi connectivity index (χ4v) is 3.19. The van der Waals surface area contributed by atoms with Gasteiger partial charge in [0.1, 0.15) is 18.1 Å². The number of hydrogen-bond acceptors (Lipinski definition) is 6. The van der Waals surface area contributed by atoms with E-state index in [-0.39, 0.29) is 5.91 Å². The van der Waals surface area contributed by atoms with Crippen molar-refractivity contribution in [2.45, 2.75) is 6.92 Å². The Labute approximate surface area is 168 Å². The summed E-state index contributed by atoms with van der Waals surface area (Å²) in [6, 6.07) is 6.87. The predicted molar refractivity (Wildman–Crippen MR) is 105 cm³/mol. The van der Waals surface area contributed by atoms with Crippen LogP contribution in [-0.2, 0) is 4.79 Å². The maximum atomic E-state index is 12.1. The van der Waals surface area contributed by atoms with Crippen molar-refractivity contribution in [1.29, 1.82) is 0 Å². The topological polar surface area (TPSA) is 70.8 Å². The number of nitrogens with one attached hydrogen (secondary N) is 1. The lowest BCUT2D eigenvalue weighted by Gasteiger charge is -2.34. The van der Waals surface area contributed by atoms with Crippen molar-refractivity contribution in [3.05, 3.63) is 40.1 Å². The number of carbonyl (C=O) groups excluding carboxylic acids is 1. The lowest BCUT2D eigenvalue weighted by Crippen LogP contribution is -2.49. The number of aryl methyl sites for hydroxylation is 1. The van der Waals surface area contributed by atoms with Crippen LogP contribution < -0.4 is 10.1 Å².